The van der Waals surface area contributed by atoms with Crippen LogP contribution in [0.2, 0.25) is 0 Å². The zero-order valence-electron chi connectivity index (χ0n) is 12.7. The van der Waals surface area contributed by atoms with Crippen molar-refractivity contribution in [3.8, 4) is 6.07 Å². The van der Waals surface area contributed by atoms with Gasteiger partial charge in [0.1, 0.15) is 6.04 Å². The lowest BCUT2D eigenvalue weighted by atomic mass is 10.0. The van der Waals surface area contributed by atoms with Gasteiger partial charge in [-0.3, -0.25) is 4.79 Å². The second-order valence-corrected chi connectivity index (χ2v) is 5.91. The number of amides is 1. The van der Waals surface area contributed by atoms with E-state index in [1.165, 1.54) is 0 Å². The first kappa shape index (κ1) is 14.6. The number of hydrogen-bond acceptors (Lipinski definition) is 3. The van der Waals surface area contributed by atoms with Gasteiger partial charge in [-0.1, -0.05) is 18.2 Å². The molecule has 2 N–H and O–H groups in total. The molecule has 1 fully saturated rings. The minimum Gasteiger partial charge on any atom is -0.350 e. The molecular formula is C17H20N4O. The highest BCUT2D eigenvalue weighted by Gasteiger charge is 2.31. The first-order chi connectivity index (χ1) is 10.6. The predicted molar refractivity (Wildman–Crippen MR) is 84.9 cm³/mol. The van der Waals surface area contributed by atoms with Gasteiger partial charge in [0.2, 0.25) is 5.91 Å². The molecule has 0 saturated carbocycles. The molecule has 1 aliphatic heterocycles. The SMILES string of the molecule is Cn1cc(C[C@@H](N)C(=O)N2CCC[C@H]2C#N)c2ccccc21. The Morgan fingerprint density at radius 2 is 2.27 bits per heavy atom. The lowest BCUT2D eigenvalue weighted by molar-refractivity contribution is -0.132. The number of fused-ring (bicyclic) bond motifs is 1. The van der Waals surface area contributed by atoms with Crippen molar-refractivity contribution in [1.82, 2.24) is 9.47 Å². The highest BCUT2D eigenvalue weighted by Crippen LogP contribution is 2.23. The van der Waals surface area contributed by atoms with Crippen molar-refractivity contribution in [3.63, 3.8) is 0 Å². The van der Waals surface area contributed by atoms with Crippen LogP contribution in [0.15, 0.2) is 30.5 Å². The fraction of sp³-hybridized carbons (Fsp3) is 0.412. The highest BCUT2D eigenvalue weighted by molar-refractivity contribution is 5.87. The van der Waals surface area contributed by atoms with E-state index in [2.05, 4.69) is 22.8 Å². The first-order valence-electron chi connectivity index (χ1n) is 7.60. The van der Waals surface area contributed by atoms with Gasteiger partial charge >= 0.3 is 0 Å². The predicted octanol–water partition coefficient (Wildman–Crippen LogP) is 1.56. The van der Waals surface area contributed by atoms with Gasteiger partial charge in [0.25, 0.3) is 0 Å². The minimum atomic E-state index is -0.597. The molecule has 0 spiro atoms. The van der Waals surface area contributed by atoms with Crippen molar-refractivity contribution in [2.45, 2.75) is 31.3 Å². The number of hydrogen-bond donors (Lipinski definition) is 1. The molecule has 2 heterocycles. The van der Waals surface area contributed by atoms with E-state index in [0.717, 1.165) is 29.3 Å². The Hall–Kier alpha value is -2.32. The third kappa shape index (κ3) is 2.46. The molecule has 0 aliphatic carbocycles. The number of nitriles is 1. The summed E-state index contributed by atoms with van der Waals surface area (Å²) in [6.45, 7) is 0.639. The van der Waals surface area contributed by atoms with Crippen molar-refractivity contribution >= 4 is 16.8 Å². The molecule has 0 bridgehead atoms. The fourth-order valence-corrected chi connectivity index (χ4v) is 3.29. The molecule has 114 valence electrons. The Labute approximate surface area is 129 Å². The van der Waals surface area contributed by atoms with Gasteiger partial charge in [0.15, 0.2) is 0 Å². The third-order valence-corrected chi connectivity index (χ3v) is 4.42. The monoisotopic (exact) mass is 296 g/mol. The van der Waals surface area contributed by atoms with Crippen LogP contribution in [-0.4, -0.2) is 34.0 Å². The number of rotatable bonds is 3. The summed E-state index contributed by atoms with van der Waals surface area (Å²) in [4.78, 5) is 14.1. The van der Waals surface area contributed by atoms with Crippen LogP contribution in [-0.2, 0) is 18.3 Å². The van der Waals surface area contributed by atoms with Crippen LogP contribution in [0.5, 0.6) is 0 Å². The van der Waals surface area contributed by atoms with Crippen molar-refractivity contribution in [2.75, 3.05) is 6.54 Å². The number of aromatic nitrogens is 1. The Kier molecular flexibility index (Phi) is 3.86. The summed E-state index contributed by atoms with van der Waals surface area (Å²) in [7, 11) is 1.99. The molecule has 1 aliphatic rings. The van der Waals surface area contributed by atoms with Crippen molar-refractivity contribution < 1.29 is 4.79 Å². The average Bonchev–Trinajstić information content (AvgIpc) is 3.12. The number of nitrogens with two attached hydrogens (primary N) is 1. The van der Waals surface area contributed by atoms with Gasteiger partial charge in [-0.05, 0) is 30.9 Å². The molecule has 1 aromatic carbocycles. The van der Waals surface area contributed by atoms with E-state index in [4.69, 9.17) is 11.0 Å². The van der Waals surface area contributed by atoms with Crippen LogP contribution in [0, 0.1) is 11.3 Å². The van der Waals surface area contributed by atoms with E-state index in [9.17, 15) is 4.79 Å². The second-order valence-electron chi connectivity index (χ2n) is 5.91. The topological polar surface area (TPSA) is 75.0 Å². The van der Waals surface area contributed by atoms with Crippen molar-refractivity contribution in [3.05, 3.63) is 36.0 Å². The lowest BCUT2D eigenvalue weighted by Gasteiger charge is -2.23. The zero-order chi connectivity index (χ0) is 15.7. The molecule has 22 heavy (non-hydrogen) atoms. The van der Waals surface area contributed by atoms with E-state index >= 15 is 0 Å². The van der Waals surface area contributed by atoms with Crippen LogP contribution in [0.4, 0.5) is 0 Å². The molecule has 1 aromatic heterocycles. The molecular weight excluding hydrogens is 276 g/mol. The standard InChI is InChI=1S/C17H20N4O/c1-20-11-12(14-6-2-3-7-16(14)20)9-15(19)17(22)21-8-4-5-13(21)10-18/h2-3,6-7,11,13,15H,4-5,8-9,19H2,1H3/t13-,15+/m0/s1. The van der Waals surface area contributed by atoms with E-state index in [0.29, 0.717) is 13.0 Å². The fourth-order valence-electron chi connectivity index (χ4n) is 3.29. The summed E-state index contributed by atoms with van der Waals surface area (Å²) in [5, 5.41) is 10.2. The molecule has 3 rings (SSSR count). The summed E-state index contributed by atoms with van der Waals surface area (Å²) in [6.07, 6.45) is 4.16. The largest absolute Gasteiger partial charge is 0.350 e. The van der Waals surface area contributed by atoms with Gasteiger partial charge in [-0.2, -0.15) is 5.26 Å². The number of carbonyl (C=O) groups is 1. The Bertz CT molecular complexity index is 743. The van der Waals surface area contributed by atoms with E-state index < -0.39 is 6.04 Å². The highest BCUT2D eigenvalue weighted by atomic mass is 16.2. The van der Waals surface area contributed by atoms with Gasteiger partial charge in [0, 0.05) is 30.7 Å². The molecule has 5 nitrogen and oxygen atoms in total. The average molecular weight is 296 g/mol. The van der Waals surface area contributed by atoms with Gasteiger partial charge in [0.05, 0.1) is 12.1 Å². The second kappa shape index (κ2) is 5.82. The Morgan fingerprint density at radius 3 is 3.05 bits per heavy atom. The third-order valence-electron chi connectivity index (χ3n) is 4.42. The van der Waals surface area contributed by atoms with E-state index in [-0.39, 0.29) is 11.9 Å². The summed E-state index contributed by atoms with van der Waals surface area (Å²) >= 11 is 0. The molecule has 1 saturated heterocycles. The Morgan fingerprint density at radius 1 is 1.50 bits per heavy atom. The minimum absolute atomic E-state index is 0.114. The maximum absolute atomic E-state index is 12.5. The Balaban J connectivity index is 1.80. The first-order valence-corrected chi connectivity index (χ1v) is 7.60. The van der Waals surface area contributed by atoms with Crippen molar-refractivity contribution in [1.29, 1.82) is 5.26 Å². The quantitative estimate of drug-likeness (QED) is 0.934. The lowest BCUT2D eigenvalue weighted by Crippen LogP contribution is -2.46. The van der Waals surface area contributed by atoms with Crippen LogP contribution >= 0.6 is 0 Å². The van der Waals surface area contributed by atoms with Crippen LogP contribution in [0.3, 0.4) is 0 Å². The number of carbonyl (C=O) groups excluding carboxylic acids is 1. The normalized spacial score (nSPS) is 19.3. The van der Waals surface area contributed by atoms with Crippen LogP contribution in [0.25, 0.3) is 10.9 Å². The summed E-state index contributed by atoms with van der Waals surface area (Å²) < 4.78 is 2.05. The van der Waals surface area contributed by atoms with E-state index in [1.807, 2.05) is 25.4 Å². The maximum atomic E-state index is 12.5. The molecule has 2 atom stereocenters. The molecule has 5 heteroatoms. The molecule has 1 amide bonds. The van der Waals surface area contributed by atoms with Gasteiger partial charge in [-0.15, -0.1) is 0 Å². The maximum Gasteiger partial charge on any atom is 0.240 e. The number of likely N-dealkylation sites (tertiary alicyclic amines) is 1. The summed E-state index contributed by atoms with van der Waals surface area (Å²) in [5.74, 6) is -0.114. The molecule has 2 aromatic rings. The molecule has 0 radical (unpaired) electrons. The number of benzene rings is 1. The summed E-state index contributed by atoms with van der Waals surface area (Å²) in [5.41, 5.74) is 8.34. The van der Waals surface area contributed by atoms with Crippen LogP contribution in [0.1, 0.15) is 18.4 Å². The van der Waals surface area contributed by atoms with Gasteiger partial charge < -0.3 is 15.2 Å². The zero-order valence-corrected chi connectivity index (χ0v) is 12.7. The summed E-state index contributed by atoms with van der Waals surface area (Å²) in [6, 6.07) is 9.38. The van der Waals surface area contributed by atoms with Crippen LogP contribution < -0.4 is 5.73 Å². The number of para-hydroxylation sites is 1. The molecule has 0 unspecified atom stereocenters. The number of nitrogens with zero attached hydrogens (tertiary/aromatic N) is 3. The van der Waals surface area contributed by atoms with E-state index in [1.54, 1.807) is 4.90 Å². The number of aryl methyl sites for hydroxylation is 1. The van der Waals surface area contributed by atoms with Gasteiger partial charge in [-0.25, -0.2) is 0 Å². The van der Waals surface area contributed by atoms with Crippen molar-refractivity contribution in [2.24, 2.45) is 12.8 Å². The smallest absolute Gasteiger partial charge is 0.240 e.